The summed E-state index contributed by atoms with van der Waals surface area (Å²) in [5.41, 5.74) is 0.603. The zero-order valence-corrected chi connectivity index (χ0v) is 22.5. The molecule has 0 unspecified atom stereocenters. The predicted molar refractivity (Wildman–Crippen MR) is 140 cm³/mol. The van der Waals surface area contributed by atoms with Crippen LogP contribution >= 0.6 is 0 Å². The summed E-state index contributed by atoms with van der Waals surface area (Å²) in [5, 5.41) is 26.9. The summed E-state index contributed by atoms with van der Waals surface area (Å²) in [6.45, 7) is 4.56. The molecule has 40 heavy (non-hydrogen) atoms. The van der Waals surface area contributed by atoms with Crippen LogP contribution in [-0.4, -0.2) is 106 Å². The molecule has 3 rings (SSSR count). The summed E-state index contributed by atoms with van der Waals surface area (Å²) in [6, 6.07) is 9.29. The number of ether oxygens (including phenoxy) is 2. The Morgan fingerprint density at radius 3 is 2.42 bits per heavy atom. The molecule has 14 heteroatoms. The van der Waals surface area contributed by atoms with Crippen LogP contribution in [0.3, 0.4) is 0 Å². The Balaban J connectivity index is 1.73. The van der Waals surface area contributed by atoms with Gasteiger partial charge in [0, 0.05) is 38.1 Å². The number of hydroxylamine groups is 2. The molecular weight excluding hydrogens is 526 g/mol. The molecule has 0 saturated carbocycles. The normalized spacial score (nSPS) is 15.1. The van der Waals surface area contributed by atoms with Gasteiger partial charge < -0.3 is 34.7 Å². The van der Waals surface area contributed by atoms with Gasteiger partial charge >= 0.3 is 12.1 Å². The second-order valence-electron chi connectivity index (χ2n) is 9.20. The van der Waals surface area contributed by atoms with Crippen molar-refractivity contribution in [2.75, 3.05) is 46.0 Å². The predicted octanol–water partition coefficient (Wildman–Crippen LogP) is 1.08. The lowest BCUT2D eigenvalue weighted by molar-refractivity contribution is -0.157. The molecule has 2 aromatic rings. The van der Waals surface area contributed by atoms with Crippen LogP contribution in [-0.2, 0) is 19.2 Å². The highest BCUT2D eigenvalue weighted by molar-refractivity contribution is 5.96. The number of carboxylic acid groups (broad SMARTS) is 1. The van der Waals surface area contributed by atoms with Gasteiger partial charge in [-0.2, -0.15) is 5.10 Å². The molecule has 14 nitrogen and oxygen atoms in total. The number of benzene rings is 1. The zero-order valence-electron chi connectivity index (χ0n) is 22.5. The molecule has 2 atom stereocenters. The number of aromatic nitrogens is 2. The summed E-state index contributed by atoms with van der Waals surface area (Å²) in [4.78, 5) is 55.9. The number of nitrogens with zero attached hydrogens (tertiary/aromatic N) is 4. The Morgan fingerprint density at radius 1 is 1.10 bits per heavy atom. The van der Waals surface area contributed by atoms with Crippen molar-refractivity contribution in [1.82, 2.24) is 25.1 Å². The van der Waals surface area contributed by atoms with Crippen LogP contribution in [0, 0.1) is 5.92 Å². The van der Waals surface area contributed by atoms with Gasteiger partial charge in [-0.1, -0.05) is 25.1 Å². The maximum atomic E-state index is 13.3. The van der Waals surface area contributed by atoms with Crippen molar-refractivity contribution in [3.8, 4) is 11.6 Å². The fourth-order valence-corrected chi connectivity index (χ4v) is 3.84. The number of carboxylic acids is 1. The molecule has 0 radical (unpaired) electrons. The fourth-order valence-electron chi connectivity index (χ4n) is 3.84. The molecule has 0 aliphatic carbocycles. The van der Waals surface area contributed by atoms with E-state index in [0.717, 1.165) is 0 Å². The summed E-state index contributed by atoms with van der Waals surface area (Å²) < 4.78 is 12.0. The molecule has 0 spiro atoms. The van der Waals surface area contributed by atoms with Gasteiger partial charge in [-0.15, -0.1) is 5.06 Å². The van der Waals surface area contributed by atoms with E-state index in [1.807, 2.05) is 6.07 Å². The van der Waals surface area contributed by atoms with E-state index in [2.05, 4.69) is 10.4 Å². The van der Waals surface area contributed by atoms with Crippen molar-refractivity contribution >= 4 is 23.9 Å². The number of rotatable bonds is 13. The minimum atomic E-state index is -1.12. The Hall–Kier alpha value is -4.17. The SMILES string of the molecule is CCOC(=O)ON1CCN(C(=O)[C@H](CCC(=O)O)NC(=O)c2cc(OC[C@H](C)CO)n(-c3ccccc3)n2)CC1. The van der Waals surface area contributed by atoms with Crippen molar-refractivity contribution in [3.05, 3.63) is 42.1 Å². The minimum Gasteiger partial charge on any atom is -0.481 e. The summed E-state index contributed by atoms with van der Waals surface area (Å²) in [5.74, 6) is -2.13. The lowest BCUT2D eigenvalue weighted by atomic mass is 10.1. The van der Waals surface area contributed by atoms with Gasteiger partial charge in [-0.3, -0.25) is 14.4 Å². The average molecular weight is 562 g/mol. The van der Waals surface area contributed by atoms with Crippen molar-refractivity contribution < 1.29 is 43.7 Å². The molecular formula is C26H35N5O9. The van der Waals surface area contributed by atoms with Crippen LogP contribution in [0.15, 0.2) is 36.4 Å². The van der Waals surface area contributed by atoms with Crippen molar-refractivity contribution in [2.45, 2.75) is 32.7 Å². The van der Waals surface area contributed by atoms with Crippen molar-refractivity contribution in [1.29, 1.82) is 0 Å². The molecule has 1 saturated heterocycles. The monoisotopic (exact) mass is 561 g/mol. The van der Waals surface area contributed by atoms with E-state index in [1.54, 1.807) is 38.1 Å². The number of hydrogen-bond donors (Lipinski definition) is 3. The third-order valence-electron chi connectivity index (χ3n) is 6.00. The third kappa shape index (κ3) is 8.68. The van der Waals surface area contributed by atoms with E-state index in [9.17, 15) is 29.4 Å². The second-order valence-corrected chi connectivity index (χ2v) is 9.20. The van der Waals surface area contributed by atoms with E-state index in [0.29, 0.717) is 5.69 Å². The Kier molecular flexibility index (Phi) is 11.3. The first-order chi connectivity index (χ1) is 19.2. The molecule has 1 aromatic carbocycles. The number of aliphatic hydroxyl groups is 1. The van der Waals surface area contributed by atoms with Crippen molar-refractivity contribution in [3.63, 3.8) is 0 Å². The number of amides is 2. The maximum Gasteiger partial charge on any atom is 0.527 e. The number of aliphatic carboxylic acids is 1. The Labute approximate surface area is 231 Å². The van der Waals surface area contributed by atoms with E-state index < -0.39 is 30.0 Å². The van der Waals surface area contributed by atoms with Gasteiger partial charge in [0.2, 0.25) is 11.8 Å². The van der Waals surface area contributed by atoms with E-state index in [1.165, 1.54) is 20.7 Å². The van der Waals surface area contributed by atoms with Gasteiger partial charge in [0.15, 0.2) is 5.69 Å². The van der Waals surface area contributed by atoms with Gasteiger partial charge in [-0.05, 0) is 25.5 Å². The van der Waals surface area contributed by atoms with Crippen LogP contribution in [0.25, 0.3) is 5.69 Å². The molecule has 1 aliphatic heterocycles. The summed E-state index contributed by atoms with van der Waals surface area (Å²) in [6.07, 6.45) is -1.30. The molecule has 2 amide bonds. The molecule has 2 heterocycles. The van der Waals surface area contributed by atoms with Crippen LogP contribution in [0.1, 0.15) is 37.2 Å². The lowest BCUT2D eigenvalue weighted by Crippen LogP contribution is -2.55. The molecule has 218 valence electrons. The number of carbonyl (C=O) groups is 4. The van der Waals surface area contributed by atoms with E-state index >= 15 is 0 Å². The highest BCUT2D eigenvalue weighted by Crippen LogP contribution is 2.21. The molecule has 1 fully saturated rings. The largest absolute Gasteiger partial charge is 0.527 e. The standard InChI is InChI=1S/C26H35N5O9/c1-3-38-26(37)40-30-13-11-29(12-14-30)25(36)20(9-10-23(33)34)27-24(35)21-15-22(39-17-18(2)16-32)31(28-21)19-7-5-4-6-8-19/h4-8,15,18,20,32H,3,9-14,16-17H2,1-2H3,(H,27,35)(H,33,34)/t18-,20+/m1/s1. The molecule has 1 aliphatic rings. The van der Waals surface area contributed by atoms with Crippen LogP contribution in [0.5, 0.6) is 5.88 Å². The number of aliphatic hydroxyl groups excluding tert-OH is 1. The first kappa shape index (κ1) is 30.4. The van der Waals surface area contributed by atoms with Gasteiger partial charge in [0.25, 0.3) is 5.91 Å². The van der Waals surface area contributed by atoms with Gasteiger partial charge in [0.1, 0.15) is 6.04 Å². The number of hydrogen-bond acceptors (Lipinski definition) is 10. The summed E-state index contributed by atoms with van der Waals surface area (Å²) >= 11 is 0. The van der Waals surface area contributed by atoms with Gasteiger partial charge in [0.05, 0.1) is 32.0 Å². The maximum absolute atomic E-state index is 13.3. The summed E-state index contributed by atoms with van der Waals surface area (Å²) in [7, 11) is 0. The highest BCUT2D eigenvalue weighted by atomic mass is 16.8. The highest BCUT2D eigenvalue weighted by Gasteiger charge is 2.31. The van der Waals surface area contributed by atoms with Crippen molar-refractivity contribution in [2.24, 2.45) is 5.92 Å². The second kappa shape index (κ2) is 14.8. The van der Waals surface area contributed by atoms with Gasteiger partial charge in [-0.25, -0.2) is 9.48 Å². The molecule has 1 aromatic heterocycles. The lowest BCUT2D eigenvalue weighted by Gasteiger charge is -2.35. The molecule has 0 bridgehead atoms. The number of para-hydroxylation sites is 1. The number of nitrogens with one attached hydrogen (secondary N) is 1. The van der Waals surface area contributed by atoms with Crippen LogP contribution in [0.4, 0.5) is 4.79 Å². The van der Waals surface area contributed by atoms with E-state index in [4.69, 9.17) is 14.3 Å². The zero-order chi connectivity index (χ0) is 29.1. The third-order valence-corrected chi connectivity index (χ3v) is 6.00. The molecule has 3 N–H and O–H groups in total. The first-order valence-corrected chi connectivity index (χ1v) is 13.0. The quantitative estimate of drug-likeness (QED) is 0.299. The first-order valence-electron chi connectivity index (χ1n) is 13.0. The van der Waals surface area contributed by atoms with Crippen LogP contribution in [0.2, 0.25) is 0 Å². The minimum absolute atomic E-state index is 0.0312. The Bertz CT molecular complexity index is 1150. The fraction of sp³-hybridized carbons (Fsp3) is 0.500. The van der Waals surface area contributed by atoms with Crippen LogP contribution < -0.4 is 10.1 Å². The smallest absolute Gasteiger partial charge is 0.481 e. The number of carbonyl (C=O) groups excluding carboxylic acids is 3. The Morgan fingerprint density at radius 2 is 1.80 bits per heavy atom. The number of piperazine rings is 1. The average Bonchev–Trinajstić information content (AvgIpc) is 3.39. The van der Waals surface area contributed by atoms with E-state index in [-0.39, 0.29) is 76.3 Å². The topological polar surface area (TPSA) is 173 Å².